The van der Waals surface area contributed by atoms with E-state index in [1.54, 1.807) is 6.07 Å². The zero-order valence-electron chi connectivity index (χ0n) is 12.5. The van der Waals surface area contributed by atoms with Gasteiger partial charge in [-0.05, 0) is 18.9 Å². The van der Waals surface area contributed by atoms with Gasteiger partial charge in [0, 0.05) is 6.54 Å². The number of hydrogen-bond acceptors (Lipinski definition) is 3. The Morgan fingerprint density at radius 1 is 1.35 bits per heavy atom. The van der Waals surface area contributed by atoms with Gasteiger partial charge >= 0.3 is 12.1 Å². The van der Waals surface area contributed by atoms with Crippen LogP contribution < -0.4 is 5.32 Å². The monoisotopic (exact) mass is 349 g/mol. The van der Waals surface area contributed by atoms with E-state index in [1.807, 2.05) is 25.1 Å². The van der Waals surface area contributed by atoms with E-state index in [0.29, 0.717) is 11.8 Å². The quantitative estimate of drug-likeness (QED) is 0.757. The van der Waals surface area contributed by atoms with Crippen LogP contribution in [0.1, 0.15) is 11.1 Å². The maximum Gasteiger partial charge on any atom is 0.397 e. The zero-order chi connectivity index (χ0) is 17.5. The first-order valence-corrected chi connectivity index (χ1v) is 8.02. The molecule has 0 bridgehead atoms. The van der Waals surface area contributed by atoms with Crippen LogP contribution >= 0.6 is 11.8 Å². The van der Waals surface area contributed by atoms with Crippen molar-refractivity contribution in [3.8, 4) is 0 Å². The van der Waals surface area contributed by atoms with E-state index in [2.05, 4.69) is 5.32 Å². The molecule has 8 heteroatoms. The molecule has 0 saturated heterocycles. The summed E-state index contributed by atoms with van der Waals surface area (Å²) in [6.45, 7) is 1.77. The topological polar surface area (TPSA) is 66.4 Å². The number of carbonyl (C=O) groups excluding carboxylic acids is 1. The normalized spacial score (nSPS) is 12.7. The average Bonchev–Trinajstić information content (AvgIpc) is 2.41. The first kappa shape index (κ1) is 19.3. The summed E-state index contributed by atoms with van der Waals surface area (Å²) in [5.74, 6) is -3.94. The Morgan fingerprint density at radius 2 is 2.04 bits per heavy atom. The first-order valence-electron chi connectivity index (χ1n) is 6.87. The van der Waals surface area contributed by atoms with Crippen molar-refractivity contribution in [2.75, 3.05) is 18.1 Å². The lowest BCUT2D eigenvalue weighted by Crippen LogP contribution is -2.35. The predicted octanol–water partition coefficient (Wildman–Crippen LogP) is 2.65. The molecule has 1 aromatic carbocycles. The van der Waals surface area contributed by atoms with Crippen LogP contribution in [-0.4, -0.2) is 41.2 Å². The summed E-state index contributed by atoms with van der Waals surface area (Å²) in [6, 6.07) is 7.36. The predicted molar refractivity (Wildman–Crippen MR) is 82.4 cm³/mol. The zero-order valence-corrected chi connectivity index (χ0v) is 13.3. The minimum Gasteiger partial charge on any atom is -0.481 e. The molecule has 2 N–H and O–H groups in total. The summed E-state index contributed by atoms with van der Waals surface area (Å²) in [5.41, 5.74) is 1.83. The Hall–Kier alpha value is -1.70. The summed E-state index contributed by atoms with van der Waals surface area (Å²) in [5, 5.41) is 11.6. The molecule has 1 unspecified atom stereocenters. The number of alkyl halides is 3. The standard InChI is InChI=1S/C15H18F3NO3S/c1-10-3-2-4-11(5-10)6-12(14(21)22)7-19-13(20)8-23-9-15(16,17)18/h2-5,12H,6-9H2,1H3,(H,19,20)(H,21,22). The highest BCUT2D eigenvalue weighted by Gasteiger charge is 2.27. The van der Waals surface area contributed by atoms with Gasteiger partial charge in [-0.15, -0.1) is 11.8 Å². The van der Waals surface area contributed by atoms with Crippen molar-refractivity contribution in [1.29, 1.82) is 0 Å². The summed E-state index contributed by atoms with van der Waals surface area (Å²) >= 11 is 0.450. The lowest BCUT2D eigenvalue weighted by atomic mass is 9.98. The number of amides is 1. The van der Waals surface area contributed by atoms with Gasteiger partial charge in [0.05, 0.1) is 17.4 Å². The van der Waals surface area contributed by atoms with E-state index in [0.717, 1.165) is 11.1 Å². The number of aryl methyl sites for hydroxylation is 1. The molecule has 23 heavy (non-hydrogen) atoms. The second kappa shape index (κ2) is 8.81. The molecule has 0 saturated carbocycles. The number of carbonyl (C=O) groups is 2. The molecule has 0 aliphatic heterocycles. The first-order chi connectivity index (χ1) is 10.7. The molecular weight excluding hydrogens is 331 g/mol. The summed E-state index contributed by atoms with van der Waals surface area (Å²) in [7, 11) is 0. The molecule has 0 radical (unpaired) electrons. The van der Waals surface area contributed by atoms with E-state index < -0.39 is 29.7 Å². The van der Waals surface area contributed by atoms with Crippen LogP contribution in [0.5, 0.6) is 0 Å². The SMILES string of the molecule is Cc1cccc(CC(CNC(=O)CSCC(F)(F)F)C(=O)O)c1. The highest BCUT2D eigenvalue weighted by atomic mass is 32.2. The van der Waals surface area contributed by atoms with Crippen LogP contribution in [0.3, 0.4) is 0 Å². The van der Waals surface area contributed by atoms with Gasteiger partial charge in [-0.3, -0.25) is 9.59 Å². The number of benzene rings is 1. The lowest BCUT2D eigenvalue weighted by Gasteiger charge is -2.14. The number of nitrogens with one attached hydrogen (secondary N) is 1. The molecule has 1 atom stereocenters. The van der Waals surface area contributed by atoms with Gasteiger partial charge in [-0.1, -0.05) is 29.8 Å². The third-order valence-corrected chi connectivity index (χ3v) is 3.96. The number of aliphatic carboxylic acids is 1. The van der Waals surface area contributed by atoms with Gasteiger partial charge in [0.2, 0.25) is 5.91 Å². The molecule has 4 nitrogen and oxygen atoms in total. The number of rotatable bonds is 8. The number of carboxylic acid groups (broad SMARTS) is 1. The number of thioether (sulfide) groups is 1. The smallest absolute Gasteiger partial charge is 0.397 e. The molecule has 0 fully saturated rings. The molecule has 0 aliphatic rings. The maximum atomic E-state index is 12.0. The van der Waals surface area contributed by atoms with Gasteiger partial charge in [-0.25, -0.2) is 0 Å². The van der Waals surface area contributed by atoms with Gasteiger partial charge in [0.25, 0.3) is 0 Å². The minimum atomic E-state index is -4.32. The average molecular weight is 349 g/mol. The van der Waals surface area contributed by atoms with E-state index >= 15 is 0 Å². The van der Waals surface area contributed by atoms with Crippen LogP contribution in [0.2, 0.25) is 0 Å². The molecule has 1 aromatic rings. The van der Waals surface area contributed by atoms with Crippen molar-refractivity contribution in [1.82, 2.24) is 5.32 Å². The molecular formula is C15H18F3NO3S. The molecule has 1 amide bonds. The van der Waals surface area contributed by atoms with Crippen molar-refractivity contribution in [3.05, 3.63) is 35.4 Å². The van der Waals surface area contributed by atoms with Crippen molar-refractivity contribution in [2.24, 2.45) is 5.92 Å². The van der Waals surface area contributed by atoms with Crippen molar-refractivity contribution >= 4 is 23.6 Å². The molecule has 1 rings (SSSR count). The van der Waals surface area contributed by atoms with Gasteiger partial charge in [0.1, 0.15) is 0 Å². The Bertz CT molecular complexity index is 549. The third kappa shape index (κ3) is 8.49. The summed E-state index contributed by atoms with van der Waals surface area (Å²) in [6.07, 6.45) is -4.08. The van der Waals surface area contributed by atoms with Crippen molar-refractivity contribution < 1.29 is 27.9 Å². The molecule has 128 valence electrons. The summed E-state index contributed by atoms with van der Waals surface area (Å²) in [4.78, 5) is 22.7. The van der Waals surface area contributed by atoms with E-state index in [9.17, 15) is 27.9 Å². The maximum absolute atomic E-state index is 12.0. The number of carboxylic acids is 1. The molecule has 0 aliphatic carbocycles. The van der Waals surface area contributed by atoms with Crippen LogP contribution in [0, 0.1) is 12.8 Å². The van der Waals surface area contributed by atoms with Crippen molar-refractivity contribution in [3.63, 3.8) is 0 Å². The highest BCUT2D eigenvalue weighted by Crippen LogP contribution is 2.20. The van der Waals surface area contributed by atoms with Crippen LogP contribution in [0.25, 0.3) is 0 Å². The van der Waals surface area contributed by atoms with Crippen LogP contribution in [0.4, 0.5) is 13.2 Å². The Labute approximate surface area is 136 Å². The van der Waals surface area contributed by atoms with Gasteiger partial charge < -0.3 is 10.4 Å². The van der Waals surface area contributed by atoms with E-state index in [4.69, 9.17) is 0 Å². The second-order valence-electron chi connectivity index (χ2n) is 5.14. The third-order valence-electron chi connectivity index (χ3n) is 2.96. The Balaban J connectivity index is 2.44. The minimum absolute atomic E-state index is 0.116. The number of halogens is 3. The van der Waals surface area contributed by atoms with Gasteiger partial charge in [-0.2, -0.15) is 13.2 Å². The Morgan fingerprint density at radius 3 is 2.61 bits per heavy atom. The Kier molecular flexibility index (Phi) is 7.41. The molecule has 0 heterocycles. The second-order valence-corrected chi connectivity index (χ2v) is 6.13. The fourth-order valence-corrected chi connectivity index (χ4v) is 2.54. The largest absolute Gasteiger partial charge is 0.481 e. The highest BCUT2D eigenvalue weighted by molar-refractivity contribution is 8.00. The van der Waals surface area contributed by atoms with E-state index in [-0.39, 0.29) is 18.7 Å². The lowest BCUT2D eigenvalue weighted by molar-refractivity contribution is -0.141. The van der Waals surface area contributed by atoms with E-state index in [1.165, 1.54) is 0 Å². The van der Waals surface area contributed by atoms with Crippen molar-refractivity contribution in [2.45, 2.75) is 19.5 Å². The summed E-state index contributed by atoms with van der Waals surface area (Å²) < 4.78 is 35.9. The van der Waals surface area contributed by atoms with Crippen LogP contribution in [-0.2, 0) is 16.0 Å². The molecule has 0 spiro atoms. The fourth-order valence-electron chi connectivity index (χ4n) is 1.92. The fraction of sp³-hybridized carbons (Fsp3) is 0.467. The molecule has 0 aromatic heterocycles. The number of hydrogen-bond donors (Lipinski definition) is 2. The van der Waals surface area contributed by atoms with Gasteiger partial charge in [0.15, 0.2) is 0 Å². The van der Waals surface area contributed by atoms with Crippen LogP contribution in [0.15, 0.2) is 24.3 Å².